The lowest BCUT2D eigenvalue weighted by molar-refractivity contribution is -0.384. The maximum absolute atomic E-state index is 10.6. The Balaban J connectivity index is 2.34. The molecule has 8 heteroatoms. The molecule has 2 rings (SSSR count). The van der Waals surface area contributed by atoms with E-state index in [1.165, 1.54) is 23.9 Å². The summed E-state index contributed by atoms with van der Waals surface area (Å²) < 4.78 is 0. The number of oxime groups is 1. The predicted molar refractivity (Wildman–Crippen MR) is 81.2 cm³/mol. The fourth-order valence-corrected chi connectivity index (χ4v) is 2.84. The summed E-state index contributed by atoms with van der Waals surface area (Å²) in [5.41, 5.74) is 6.17. The van der Waals surface area contributed by atoms with Crippen LogP contribution in [0.5, 0.6) is 0 Å². The van der Waals surface area contributed by atoms with E-state index in [-0.39, 0.29) is 11.5 Å². The van der Waals surface area contributed by atoms with Crippen molar-refractivity contribution in [2.75, 3.05) is 0 Å². The molecule has 0 bridgehead atoms. The fourth-order valence-electron chi connectivity index (χ4n) is 1.61. The van der Waals surface area contributed by atoms with Crippen LogP contribution in [0.3, 0.4) is 0 Å². The highest BCUT2D eigenvalue weighted by molar-refractivity contribution is 7.99. The summed E-state index contributed by atoms with van der Waals surface area (Å²) in [6.07, 6.45) is 0. The quantitative estimate of drug-likeness (QED) is 0.295. The second-order valence-corrected chi connectivity index (χ2v) is 5.53. The zero-order valence-corrected chi connectivity index (χ0v) is 12.1. The molecule has 0 aromatic heterocycles. The number of rotatable bonds is 4. The topological polar surface area (TPSA) is 102 Å². The maximum atomic E-state index is 10.6. The van der Waals surface area contributed by atoms with Gasteiger partial charge in [0.15, 0.2) is 5.84 Å². The van der Waals surface area contributed by atoms with Crippen molar-refractivity contribution in [1.29, 1.82) is 0 Å². The Morgan fingerprint density at radius 2 is 1.95 bits per heavy atom. The van der Waals surface area contributed by atoms with E-state index >= 15 is 0 Å². The van der Waals surface area contributed by atoms with Gasteiger partial charge in [-0.15, -0.1) is 0 Å². The van der Waals surface area contributed by atoms with Gasteiger partial charge in [-0.3, -0.25) is 10.1 Å². The van der Waals surface area contributed by atoms with Crippen molar-refractivity contribution in [3.05, 3.63) is 63.2 Å². The number of nitrogens with two attached hydrogens (primary N) is 1. The van der Waals surface area contributed by atoms with Gasteiger partial charge in [0.2, 0.25) is 0 Å². The molecule has 0 unspecified atom stereocenters. The molecule has 21 heavy (non-hydrogen) atoms. The second kappa shape index (κ2) is 6.47. The highest BCUT2D eigenvalue weighted by Gasteiger charge is 2.11. The van der Waals surface area contributed by atoms with Crippen molar-refractivity contribution in [1.82, 2.24) is 0 Å². The molecule has 2 aromatic rings. The first-order chi connectivity index (χ1) is 10.0. The number of benzene rings is 2. The Labute approximate surface area is 129 Å². The SMILES string of the molecule is NC(=NO)c1ccc(Cl)cc1Sc1ccc([N+](=O)[O-])cc1. The number of amidine groups is 1. The Morgan fingerprint density at radius 1 is 1.29 bits per heavy atom. The summed E-state index contributed by atoms with van der Waals surface area (Å²) in [7, 11) is 0. The monoisotopic (exact) mass is 323 g/mol. The van der Waals surface area contributed by atoms with Crippen LogP contribution in [-0.4, -0.2) is 16.0 Å². The lowest BCUT2D eigenvalue weighted by Crippen LogP contribution is -2.14. The Hall–Kier alpha value is -2.25. The standard InChI is InChI=1S/C13H10ClN3O3S/c14-8-1-6-11(13(15)16-18)12(7-8)21-10-4-2-9(3-5-10)17(19)20/h1-7,18H,(H2,15,16). The number of nitrogens with zero attached hydrogens (tertiary/aromatic N) is 2. The number of halogens is 1. The minimum absolute atomic E-state index is 0.0158. The van der Waals surface area contributed by atoms with Crippen molar-refractivity contribution in [3.63, 3.8) is 0 Å². The van der Waals surface area contributed by atoms with Crippen molar-refractivity contribution in [2.45, 2.75) is 9.79 Å². The van der Waals surface area contributed by atoms with E-state index in [1.54, 1.807) is 30.3 Å². The molecular weight excluding hydrogens is 314 g/mol. The highest BCUT2D eigenvalue weighted by Crippen LogP contribution is 2.33. The molecule has 108 valence electrons. The Morgan fingerprint density at radius 3 is 2.52 bits per heavy atom. The molecule has 0 aliphatic carbocycles. The van der Waals surface area contributed by atoms with Crippen LogP contribution in [-0.2, 0) is 0 Å². The summed E-state index contributed by atoms with van der Waals surface area (Å²) in [5, 5.41) is 22.9. The first kappa shape index (κ1) is 15.1. The van der Waals surface area contributed by atoms with E-state index in [0.717, 1.165) is 4.90 Å². The number of non-ortho nitro benzene ring substituents is 1. The van der Waals surface area contributed by atoms with E-state index in [0.29, 0.717) is 15.5 Å². The van der Waals surface area contributed by atoms with Crippen molar-refractivity contribution < 1.29 is 10.1 Å². The zero-order chi connectivity index (χ0) is 15.4. The van der Waals surface area contributed by atoms with Gasteiger partial charge in [-0.1, -0.05) is 28.5 Å². The Bertz CT molecular complexity index is 704. The zero-order valence-electron chi connectivity index (χ0n) is 10.6. The summed E-state index contributed by atoms with van der Waals surface area (Å²) in [5.74, 6) is -0.0314. The average Bonchev–Trinajstić information content (AvgIpc) is 2.47. The molecule has 0 aliphatic rings. The third-order valence-corrected chi connectivity index (χ3v) is 3.90. The molecule has 0 amide bonds. The molecule has 0 spiro atoms. The number of hydrogen-bond acceptors (Lipinski definition) is 5. The third-order valence-electron chi connectivity index (χ3n) is 2.60. The number of hydrogen-bond donors (Lipinski definition) is 2. The van der Waals surface area contributed by atoms with Crippen LogP contribution in [0, 0.1) is 10.1 Å². The first-order valence-electron chi connectivity index (χ1n) is 5.71. The van der Waals surface area contributed by atoms with E-state index in [9.17, 15) is 10.1 Å². The molecule has 0 aliphatic heterocycles. The molecule has 0 heterocycles. The number of nitro benzene ring substituents is 1. The molecule has 0 fully saturated rings. The third kappa shape index (κ3) is 3.65. The average molecular weight is 324 g/mol. The molecule has 0 radical (unpaired) electrons. The molecule has 0 saturated heterocycles. The lowest BCUT2D eigenvalue weighted by atomic mass is 10.2. The van der Waals surface area contributed by atoms with Gasteiger partial charge in [0, 0.05) is 32.5 Å². The van der Waals surface area contributed by atoms with Crippen LogP contribution in [0.1, 0.15) is 5.56 Å². The minimum Gasteiger partial charge on any atom is -0.409 e. The molecular formula is C13H10ClN3O3S. The molecule has 0 atom stereocenters. The normalized spacial score (nSPS) is 11.4. The summed E-state index contributed by atoms with van der Waals surface area (Å²) >= 11 is 7.27. The van der Waals surface area contributed by atoms with Crippen LogP contribution in [0.2, 0.25) is 5.02 Å². The van der Waals surface area contributed by atoms with Crippen LogP contribution in [0.15, 0.2) is 57.4 Å². The fraction of sp³-hybridized carbons (Fsp3) is 0. The number of nitro groups is 1. The second-order valence-electron chi connectivity index (χ2n) is 3.98. The van der Waals surface area contributed by atoms with Gasteiger partial charge >= 0.3 is 0 Å². The van der Waals surface area contributed by atoms with Gasteiger partial charge in [-0.05, 0) is 30.3 Å². The van der Waals surface area contributed by atoms with Gasteiger partial charge in [-0.25, -0.2) is 0 Å². The van der Waals surface area contributed by atoms with Crippen molar-refractivity contribution in [2.24, 2.45) is 10.9 Å². The van der Waals surface area contributed by atoms with Gasteiger partial charge in [0.25, 0.3) is 5.69 Å². The van der Waals surface area contributed by atoms with E-state index < -0.39 is 4.92 Å². The summed E-state index contributed by atoms with van der Waals surface area (Å²) in [4.78, 5) is 11.6. The van der Waals surface area contributed by atoms with E-state index in [4.69, 9.17) is 22.5 Å². The molecule has 0 saturated carbocycles. The van der Waals surface area contributed by atoms with Gasteiger partial charge in [0.05, 0.1) is 4.92 Å². The smallest absolute Gasteiger partial charge is 0.269 e. The van der Waals surface area contributed by atoms with Crippen LogP contribution in [0.25, 0.3) is 0 Å². The minimum atomic E-state index is -0.463. The lowest BCUT2D eigenvalue weighted by Gasteiger charge is -2.08. The maximum Gasteiger partial charge on any atom is 0.269 e. The van der Waals surface area contributed by atoms with E-state index in [1.807, 2.05) is 0 Å². The Kier molecular flexibility index (Phi) is 4.66. The largest absolute Gasteiger partial charge is 0.409 e. The van der Waals surface area contributed by atoms with Gasteiger partial charge in [0.1, 0.15) is 0 Å². The first-order valence-corrected chi connectivity index (χ1v) is 6.90. The summed E-state index contributed by atoms with van der Waals surface area (Å²) in [6, 6.07) is 11.0. The highest BCUT2D eigenvalue weighted by atomic mass is 35.5. The molecule has 6 nitrogen and oxygen atoms in total. The van der Waals surface area contributed by atoms with E-state index in [2.05, 4.69) is 5.16 Å². The molecule has 2 aromatic carbocycles. The predicted octanol–water partition coefficient (Wildman–Crippen LogP) is 3.49. The van der Waals surface area contributed by atoms with Crippen LogP contribution < -0.4 is 5.73 Å². The van der Waals surface area contributed by atoms with Gasteiger partial charge < -0.3 is 10.9 Å². The van der Waals surface area contributed by atoms with Crippen molar-refractivity contribution >= 4 is 34.9 Å². The van der Waals surface area contributed by atoms with Crippen molar-refractivity contribution in [3.8, 4) is 0 Å². The van der Waals surface area contributed by atoms with Crippen LogP contribution >= 0.6 is 23.4 Å². The van der Waals surface area contributed by atoms with Crippen LogP contribution in [0.4, 0.5) is 5.69 Å². The molecule has 3 N–H and O–H groups in total. The summed E-state index contributed by atoms with van der Waals surface area (Å²) in [6.45, 7) is 0. The van der Waals surface area contributed by atoms with Gasteiger partial charge in [-0.2, -0.15) is 0 Å².